The molecule has 3 aliphatic rings. The fraction of sp³-hybridized carbons (Fsp3) is 0.619. The number of aromatic nitrogens is 4. The van der Waals surface area contributed by atoms with E-state index in [9.17, 15) is 9.65 Å². The van der Waals surface area contributed by atoms with Gasteiger partial charge in [-0.1, -0.05) is 0 Å². The molecule has 5 rings (SSSR count). The number of nitriles is 1. The number of halogens is 1. The van der Waals surface area contributed by atoms with E-state index < -0.39 is 6.17 Å². The summed E-state index contributed by atoms with van der Waals surface area (Å²) in [6.45, 7) is 6.66. The van der Waals surface area contributed by atoms with Crippen molar-refractivity contribution in [2.45, 2.75) is 37.5 Å². The third kappa shape index (κ3) is 3.72. The Morgan fingerprint density at radius 3 is 2.87 bits per heavy atom. The van der Waals surface area contributed by atoms with Gasteiger partial charge in [0.05, 0.1) is 29.9 Å². The van der Waals surface area contributed by atoms with Crippen LogP contribution in [0.4, 0.5) is 21.8 Å². The number of hydrogen-bond acceptors (Lipinski definition) is 8. The highest BCUT2D eigenvalue weighted by Crippen LogP contribution is 2.38. The maximum absolute atomic E-state index is 13.9. The zero-order chi connectivity index (χ0) is 21.6. The molecule has 0 spiro atoms. The molecule has 2 atom stereocenters. The summed E-state index contributed by atoms with van der Waals surface area (Å²) in [7, 11) is 1.86. The molecule has 3 fully saturated rings. The van der Waals surface area contributed by atoms with Crippen LogP contribution in [0.25, 0.3) is 0 Å². The van der Waals surface area contributed by atoms with E-state index in [0.29, 0.717) is 25.3 Å². The van der Waals surface area contributed by atoms with E-state index in [-0.39, 0.29) is 11.6 Å². The average molecular weight is 426 g/mol. The Bertz CT molecular complexity index is 993. The van der Waals surface area contributed by atoms with Crippen molar-refractivity contribution in [1.82, 2.24) is 29.5 Å². The van der Waals surface area contributed by atoms with Gasteiger partial charge < -0.3 is 10.2 Å². The number of nitrogens with one attached hydrogen (secondary N) is 1. The quantitative estimate of drug-likeness (QED) is 0.770. The van der Waals surface area contributed by atoms with Crippen LogP contribution in [0.15, 0.2) is 18.6 Å². The molecule has 1 N–H and O–H groups in total. The van der Waals surface area contributed by atoms with Crippen molar-refractivity contribution in [1.29, 1.82) is 5.26 Å². The number of nitrogens with zero attached hydrogens (tertiary/aromatic N) is 8. The summed E-state index contributed by atoms with van der Waals surface area (Å²) in [5, 5.41) is 16.9. The fourth-order valence-electron chi connectivity index (χ4n) is 5.22. The largest absolute Gasteiger partial charge is 0.352 e. The van der Waals surface area contributed by atoms with Gasteiger partial charge in [-0.2, -0.15) is 15.3 Å². The topological polar surface area (TPSA) is 89.1 Å². The Kier molecular flexibility index (Phi) is 5.02. The Morgan fingerprint density at radius 1 is 1.29 bits per heavy atom. The summed E-state index contributed by atoms with van der Waals surface area (Å²) in [4.78, 5) is 16.1. The highest BCUT2D eigenvalue weighted by Gasteiger charge is 2.51. The van der Waals surface area contributed by atoms with E-state index in [1.54, 1.807) is 10.9 Å². The van der Waals surface area contributed by atoms with Crippen LogP contribution < -0.4 is 10.2 Å². The lowest BCUT2D eigenvalue weighted by Crippen LogP contribution is -2.73. The number of rotatable bonds is 5. The van der Waals surface area contributed by atoms with Crippen molar-refractivity contribution >= 4 is 17.5 Å². The second kappa shape index (κ2) is 7.73. The van der Waals surface area contributed by atoms with Crippen molar-refractivity contribution in [2.24, 2.45) is 7.05 Å². The van der Waals surface area contributed by atoms with Gasteiger partial charge in [-0.3, -0.25) is 14.5 Å². The van der Waals surface area contributed by atoms with Crippen LogP contribution in [0, 0.1) is 18.3 Å². The molecule has 2 unspecified atom stereocenters. The number of anilines is 3. The minimum absolute atomic E-state index is 0.191. The van der Waals surface area contributed by atoms with Gasteiger partial charge in [0, 0.05) is 70.3 Å². The predicted octanol–water partition coefficient (Wildman–Crippen LogP) is 1.46. The summed E-state index contributed by atoms with van der Waals surface area (Å²) in [5.41, 5.74) is 1.65. The van der Waals surface area contributed by atoms with Gasteiger partial charge in [-0.05, 0) is 13.3 Å². The molecule has 3 saturated heterocycles. The Morgan fingerprint density at radius 2 is 2.13 bits per heavy atom. The molecule has 0 aliphatic carbocycles. The normalized spacial score (nSPS) is 25.7. The average Bonchev–Trinajstić information content (AvgIpc) is 3.29. The lowest BCUT2D eigenvalue weighted by molar-refractivity contribution is -0.000627. The monoisotopic (exact) mass is 425 g/mol. The van der Waals surface area contributed by atoms with Crippen molar-refractivity contribution < 1.29 is 4.39 Å². The van der Waals surface area contributed by atoms with Crippen LogP contribution in [0.5, 0.6) is 0 Å². The van der Waals surface area contributed by atoms with Crippen LogP contribution in [0.2, 0.25) is 0 Å². The van der Waals surface area contributed by atoms with E-state index >= 15 is 0 Å². The number of fused-ring (bicyclic) bond motifs is 1. The maximum atomic E-state index is 13.9. The number of hydrogen-bond donors (Lipinski definition) is 1. The summed E-state index contributed by atoms with van der Waals surface area (Å²) in [5.74, 6) is 1.42. The number of piperazine rings is 1. The fourth-order valence-corrected chi connectivity index (χ4v) is 5.22. The molecule has 2 aromatic rings. The van der Waals surface area contributed by atoms with Gasteiger partial charge in [0.25, 0.3) is 0 Å². The minimum atomic E-state index is -0.718. The molecule has 5 heterocycles. The smallest absolute Gasteiger partial charge is 0.229 e. The minimum Gasteiger partial charge on any atom is -0.352 e. The van der Waals surface area contributed by atoms with Crippen molar-refractivity contribution in [2.75, 3.05) is 49.5 Å². The first-order valence-corrected chi connectivity index (χ1v) is 10.8. The molecule has 164 valence electrons. The maximum Gasteiger partial charge on any atom is 0.229 e. The molecule has 10 heteroatoms. The van der Waals surface area contributed by atoms with Gasteiger partial charge in [0.2, 0.25) is 5.95 Å². The molecule has 9 nitrogen and oxygen atoms in total. The van der Waals surface area contributed by atoms with Crippen molar-refractivity contribution in [3.63, 3.8) is 0 Å². The number of aryl methyl sites for hydroxylation is 2. The van der Waals surface area contributed by atoms with E-state index in [1.807, 2.05) is 26.4 Å². The lowest BCUT2D eigenvalue weighted by atomic mass is 9.83. The van der Waals surface area contributed by atoms with Gasteiger partial charge in [-0.25, -0.2) is 9.37 Å². The highest BCUT2D eigenvalue weighted by atomic mass is 19.1. The highest BCUT2D eigenvalue weighted by molar-refractivity contribution is 5.57. The third-order valence-corrected chi connectivity index (χ3v) is 6.82. The van der Waals surface area contributed by atoms with Crippen LogP contribution in [-0.2, 0) is 7.05 Å². The van der Waals surface area contributed by atoms with Gasteiger partial charge in [0.15, 0.2) is 0 Å². The Balaban J connectivity index is 1.30. The molecule has 31 heavy (non-hydrogen) atoms. The van der Waals surface area contributed by atoms with Crippen LogP contribution in [-0.4, -0.2) is 86.6 Å². The first-order valence-electron chi connectivity index (χ1n) is 10.8. The van der Waals surface area contributed by atoms with E-state index in [0.717, 1.165) is 49.8 Å². The number of alkyl halides is 1. The summed E-state index contributed by atoms with van der Waals surface area (Å²) in [6, 6.07) is 2.67. The molecule has 0 radical (unpaired) electrons. The van der Waals surface area contributed by atoms with Gasteiger partial charge in [0.1, 0.15) is 12.0 Å². The second-order valence-corrected chi connectivity index (χ2v) is 9.07. The van der Waals surface area contributed by atoms with Gasteiger partial charge in [-0.15, -0.1) is 0 Å². The molecule has 3 aliphatic heterocycles. The second-order valence-electron chi connectivity index (χ2n) is 9.07. The molecule has 0 aromatic carbocycles. The van der Waals surface area contributed by atoms with E-state index in [1.165, 1.54) is 0 Å². The zero-order valence-electron chi connectivity index (χ0n) is 18.0. The Labute approximate surface area is 181 Å². The van der Waals surface area contributed by atoms with Crippen molar-refractivity contribution in [3.8, 4) is 6.07 Å². The summed E-state index contributed by atoms with van der Waals surface area (Å²) < 4.78 is 15.6. The molecular weight excluding hydrogens is 397 g/mol. The SMILES string of the molecule is Cc1cnc(Nc2cnn(C)c2)nc1N1CC(CC#N)(N2CCN3CC(F)CC3C2)C1. The van der Waals surface area contributed by atoms with Crippen LogP contribution in [0.3, 0.4) is 0 Å². The molecular formula is C21H28FN9. The van der Waals surface area contributed by atoms with E-state index in [2.05, 4.69) is 36.2 Å². The lowest BCUT2D eigenvalue weighted by Gasteiger charge is -2.58. The van der Waals surface area contributed by atoms with Crippen molar-refractivity contribution in [3.05, 3.63) is 24.2 Å². The van der Waals surface area contributed by atoms with E-state index in [4.69, 9.17) is 4.98 Å². The predicted molar refractivity (Wildman–Crippen MR) is 115 cm³/mol. The molecule has 0 amide bonds. The van der Waals surface area contributed by atoms with Gasteiger partial charge >= 0.3 is 0 Å². The molecule has 0 saturated carbocycles. The first kappa shape index (κ1) is 20.2. The summed E-state index contributed by atoms with van der Waals surface area (Å²) in [6.07, 6.45) is 5.79. The molecule has 2 aromatic heterocycles. The zero-order valence-corrected chi connectivity index (χ0v) is 18.0. The molecule has 0 bridgehead atoms. The standard InChI is InChI=1S/C21H28FN9/c1-15-8-24-20(26-17-9-25-28(2)11-17)27-19(15)30-13-21(14-30,3-4-23)31-6-5-29-10-16(22)7-18(29)12-31/h8-9,11,16,18H,3,5-7,10,12-14H2,1-2H3,(H,24,26,27). The van der Waals surface area contributed by atoms with Crippen LogP contribution in [0.1, 0.15) is 18.4 Å². The van der Waals surface area contributed by atoms with Crippen LogP contribution >= 0.6 is 0 Å². The Hall–Kier alpha value is -2.77. The first-order chi connectivity index (χ1) is 15.0. The summed E-state index contributed by atoms with van der Waals surface area (Å²) >= 11 is 0. The third-order valence-electron chi connectivity index (χ3n) is 6.82.